The molecule has 2 aromatic rings. The van der Waals surface area contributed by atoms with Gasteiger partial charge in [-0.1, -0.05) is 40.2 Å². The minimum atomic E-state index is -3.28. The first-order chi connectivity index (χ1) is 13.5. The zero-order valence-corrected chi connectivity index (χ0v) is 19.2. The predicted octanol–water partition coefficient (Wildman–Crippen LogP) is 1.63. The van der Waals surface area contributed by atoms with Crippen molar-refractivity contribution in [3.8, 4) is 11.5 Å². The molecule has 0 fully saturated rings. The van der Waals surface area contributed by atoms with Crippen molar-refractivity contribution in [3.63, 3.8) is 0 Å². The van der Waals surface area contributed by atoms with Gasteiger partial charge >= 0.3 is 0 Å². The quantitative estimate of drug-likeness (QED) is 0.496. The average Bonchev–Trinajstić information content (AvgIpc) is 2.66. The summed E-state index contributed by atoms with van der Waals surface area (Å²) >= 11 is 3.00. The molecule has 8 nitrogen and oxygen atoms in total. The molecule has 0 spiro atoms. The number of rotatable bonds is 6. The van der Waals surface area contributed by atoms with Crippen LogP contribution in [0.5, 0.6) is 11.5 Å². The molecule has 0 aromatic heterocycles. The monoisotopic (exact) mass is 512 g/mol. The number of ether oxygens (including phenoxy) is 1. The second-order valence-corrected chi connectivity index (χ2v) is 10.2. The molecule has 11 heteroatoms. The highest BCUT2D eigenvalue weighted by Crippen LogP contribution is 2.22. The Hall–Kier alpha value is -1.66. The van der Waals surface area contributed by atoms with E-state index in [1.807, 2.05) is 0 Å². The first-order valence-corrected chi connectivity index (χ1v) is 13.1. The summed E-state index contributed by atoms with van der Waals surface area (Å²) in [6, 6.07) is 12.2. The number of phenolic OH excluding ortho intramolecular Hbond substituents is 1. The van der Waals surface area contributed by atoms with Gasteiger partial charge < -0.3 is 20.1 Å². The lowest BCUT2D eigenvalue weighted by atomic mass is 10.3. The zero-order valence-electron chi connectivity index (χ0n) is 16.0. The number of benzene rings is 2. The van der Waals surface area contributed by atoms with Gasteiger partial charge in [0.05, 0.1) is 13.2 Å². The van der Waals surface area contributed by atoms with Gasteiger partial charge in [0.2, 0.25) is 0 Å². The molecule has 0 amide bonds. The summed E-state index contributed by atoms with van der Waals surface area (Å²) in [5, 5.41) is 26.1. The number of para-hydroxylation sites is 2. The summed E-state index contributed by atoms with van der Waals surface area (Å²) in [4.78, 5) is 0.119. The topological polar surface area (TPSA) is 138 Å². The standard InChI is InChI=1S/C9H12O4S.C7H8O3S.C2H5BrO/c1-14(11,12)9-5-3-2-4-8(9)13-7-6-10;1-11(9,10)7-5-3-2-4-6(7)8;3-1-2-4/h2-5,10H,6-7H2,1H3;2-5,8H,1H3;4H,1-2H2. The molecule has 0 aliphatic rings. The van der Waals surface area contributed by atoms with Crippen molar-refractivity contribution in [2.75, 3.05) is 37.7 Å². The number of hydrogen-bond acceptors (Lipinski definition) is 8. The Labute approximate surface area is 179 Å². The average molecular weight is 513 g/mol. The molecule has 3 N–H and O–H groups in total. The molecule has 0 saturated carbocycles. The van der Waals surface area contributed by atoms with Gasteiger partial charge in [-0.15, -0.1) is 0 Å². The van der Waals surface area contributed by atoms with Crippen LogP contribution in [0.15, 0.2) is 58.3 Å². The Kier molecular flexibility index (Phi) is 12.8. The molecule has 0 atom stereocenters. The van der Waals surface area contributed by atoms with Crippen molar-refractivity contribution in [1.29, 1.82) is 0 Å². The lowest BCUT2D eigenvalue weighted by molar-refractivity contribution is 0.198. The molecule has 0 heterocycles. The molecule has 2 rings (SSSR count). The SMILES string of the molecule is CS(=O)(=O)c1ccccc1O.CS(=O)(=O)c1ccccc1OCCO.OCCBr. The molecule has 0 unspecified atom stereocenters. The van der Waals surface area contributed by atoms with Crippen LogP contribution in [0.3, 0.4) is 0 Å². The summed E-state index contributed by atoms with van der Waals surface area (Å²) in [7, 11) is -6.55. The van der Waals surface area contributed by atoms with Crippen LogP contribution in [0.1, 0.15) is 0 Å². The van der Waals surface area contributed by atoms with Gasteiger partial charge in [-0.3, -0.25) is 0 Å². The van der Waals surface area contributed by atoms with Gasteiger partial charge in [-0.2, -0.15) is 0 Å². The number of aliphatic hydroxyl groups excluding tert-OH is 2. The normalized spacial score (nSPS) is 10.8. The molecular formula is C18H25BrO8S2. The highest BCUT2D eigenvalue weighted by atomic mass is 79.9. The van der Waals surface area contributed by atoms with Gasteiger partial charge in [0.25, 0.3) is 0 Å². The van der Waals surface area contributed by atoms with Gasteiger partial charge in [0.1, 0.15) is 27.9 Å². The number of alkyl halides is 1. The Bertz CT molecular complexity index is 942. The maximum Gasteiger partial charge on any atom is 0.179 e. The predicted molar refractivity (Wildman–Crippen MR) is 114 cm³/mol. The molecule has 164 valence electrons. The van der Waals surface area contributed by atoms with Crippen LogP contribution in [0, 0.1) is 0 Å². The number of phenols is 1. The Balaban J connectivity index is 0.000000466. The van der Waals surface area contributed by atoms with E-state index in [-0.39, 0.29) is 41.1 Å². The molecule has 0 aliphatic carbocycles. The zero-order chi connectivity index (χ0) is 22.5. The fourth-order valence-corrected chi connectivity index (χ4v) is 3.39. The van der Waals surface area contributed by atoms with Crippen LogP contribution in [0.25, 0.3) is 0 Å². The fourth-order valence-electron chi connectivity index (χ4n) is 1.80. The van der Waals surface area contributed by atoms with Crippen LogP contribution in [-0.2, 0) is 19.7 Å². The molecule has 0 radical (unpaired) electrons. The number of aliphatic hydroxyl groups is 2. The summed E-state index contributed by atoms with van der Waals surface area (Å²) < 4.78 is 49.4. The highest BCUT2D eigenvalue weighted by Gasteiger charge is 2.13. The van der Waals surface area contributed by atoms with Gasteiger partial charge in [0, 0.05) is 17.8 Å². The third-order valence-corrected chi connectivity index (χ3v) is 5.58. The Morgan fingerprint density at radius 1 is 0.828 bits per heavy atom. The second-order valence-electron chi connectivity index (χ2n) is 5.44. The maximum atomic E-state index is 11.3. The fraction of sp³-hybridized carbons (Fsp3) is 0.333. The molecule has 29 heavy (non-hydrogen) atoms. The molecule has 0 saturated heterocycles. The van der Waals surface area contributed by atoms with E-state index in [9.17, 15) is 16.8 Å². The van der Waals surface area contributed by atoms with E-state index in [4.69, 9.17) is 20.1 Å². The first-order valence-electron chi connectivity index (χ1n) is 8.16. The second kappa shape index (κ2) is 13.5. The number of sulfone groups is 2. The van der Waals surface area contributed by atoms with E-state index < -0.39 is 19.7 Å². The summed E-state index contributed by atoms with van der Waals surface area (Å²) in [6.07, 6.45) is 2.18. The molecule has 0 aliphatic heterocycles. The molecular weight excluding hydrogens is 488 g/mol. The third-order valence-electron chi connectivity index (χ3n) is 2.95. The number of halogens is 1. The van der Waals surface area contributed by atoms with Crippen LogP contribution < -0.4 is 4.74 Å². The van der Waals surface area contributed by atoms with Crippen LogP contribution in [0.2, 0.25) is 0 Å². The lowest BCUT2D eigenvalue weighted by Crippen LogP contribution is -2.06. The van der Waals surface area contributed by atoms with Gasteiger partial charge in [-0.25, -0.2) is 16.8 Å². The van der Waals surface area contributed by atoms with Crippen molar-refractivity contribution in [2.24, 2.45) is 0 Å². The maximum absolute atomic E-state index is 11.3. The van der Waals surface area contributed by atoms with Gasteiger partial charge in [-0.05, 0) is 24.3 Å². The molecule has 2 aromatic carbocycles. The van der Waals surface area contributed by atoms with Crippen molar-refractivity contribution in [1.82, 2.24) is 0 Å². The van der Waals surface area contributed by atoms with Crippen LogP contribution >= 0.6 is 15.9 Å². The minimum Gasteiger partial charge on any atom is -0.507 e. The minimum absolute atomic E-state index is 0.0278. The summed E-state index contributed by atoms with van der Waals surface area (Å²) in [5.74, 6) is 0.0825. The Morgan fingerprint density at radius 2 is 1.28 bits per heavy atom. The summed E-state index contributed by atoms with van der Waals surface area (Å²) in [6.45, 7) is 0.185. The highest BCUT2D eigenvalue weighted by molar-refractivity contribution is 9.09. The van der Waals surface area contributed by atoms with E-state index in [2.05, 4.69) is 15.9 Å². The lowest BCUT2D eigenvalue weighted by Gasteiger charge is -2.08. The largest absolute Gasteiger partial charge is 0.507 e. The first kappa shape index (κ1) is 27.3. The van der Waals surface area contributed by atoms with Crippen molar-refractivity contribution in [3.05, 3.63) is 48.5 Å². The van der Waals surface area contributed by atoms with E-state index in [0.717, 1.165) is 12.5 Å². The van der Waals surface area contributed by atoms with E-state index >= 15 is 0 Å². The summed E-state index contributed by atoms with van der Waals surface area (Å²) in [5.41, 5.74) is 0. The van der Waals surface area contributed by atoms with Crippen molar-refractivity contribution >= 4 is 35.6 Å². The van der Waals surface area contributed by atoms with Crippen molar-refractivity contribution in [2.45, 2.75) is 9.79 Å². The van der Waals surface area contributed by atoms with Crippen LogP contribution in [-0.4, -0.2) is 69.8 Å². The van der Waals surface area contributed by atoms with E-state index in [1.54, 1.807) is 30.3 Å². The Morgan fingerprint density at radius 3 is 1.66 bits per heavy atom. The van der Waals surface area contributed by atoms with Crippen molar-refractivity contribution < 1.29 is 36.9 Å². The number of hydrogen-bond donors (Lipinski definition) is 3. The third kappa shape index (κ3) is 11.2. The van der Waals surface area contributed by atoms with Crippen LogP contribution in [0.4, 0.5) is 0 Å². The van der Waals surface area contributed by atoms with E-state index in [1.165, 1.54) is 18.2 Å². The molecule has 0 bridgehead atoms. The smallest absolute Gasteiger partial charge is 0.179 e. The van der Waals surface area contributed by atoms with E-state index in [0.29, 0.717) is 5.33 Å². The number of aromatic hydroxyl groups is 1. The van der Waals surface area contributed by atoms with Gasteiger partial charge in [0.15, 0.2) is 19.7 Å².